The number of carboxylic acid groups (broad SMARTS) is 1. The van der Waals surface area contributed by atoms with Crippen LogP contribution >= 0.6 is 11.3 Å². The van der Waals surface area contributed by atoms with Gasteiger partial charge >= 0.3 is 11.9 Å². The van der Waals surface area contributed by atoms with Crippen LogP contribution in [0.2, 0.25) is 0 Å². The van der Waals surface area contributed by atoms with E-state index in [1.54, 1.807) is 69.3 Å². The Labute approximate surface area is 244 Å². The smallest absolute Gasteiger partial charge is 0.338 e. The molecule has 0 bridgehead atoms. The Morgan fingerprint density at radius 3 is 2.55 bits per heavy atom. The number of carboxylic acids is 1. The molecule has 2 aromatic heterocycles. The van der Waals surface area contributed by atoms with Gasteiger partial charge in [0.15, 0.2) is 4.80 Å². The molecule has 10 nitrogen and oxygen atoms in total. The number of carbonyl (C=O) groups is 2. The van der Waals surface area contributed by atoms with Crippen LogP contribution in [0.15, 0.2) is 74.0 Å². The number of fused-ring (bicyclic) bond motifs is 1. The van der Waals surface area contributed by atoms with Crippen LogP contribution < -0.4 is 24.4 Å². The molecule has 0 spiro atoms. The number of hydrogen-bond acceptors (Lipinski definition) is 9. The van der Waals surface area contributed by atoms with Crippen LogP contribution in [0.4, 0.5) is 0 Å². The van der Waals surface area contributed by atoms with E-state index in [4.69, 9.17) is 18.6 Å². The van der Waals surface area contributed by atoms with Crippen LogP contribution in [0.25, 0.3) is 17.4 Å². The zero-order chi connectivity index (χ0) is 30.1. The van der Waals surface area contributed by atoms with Crippen molar-refractivity contribution in [2.45, 2.75) is 26.8 Å². The average Bonchev–Trinajstić information content (AvgIpc) is 3.55. The fourth-order valence-electron chi connectivity index (χ4n) is 4.91. The lowest BCUT2D eigenvalue weighted by Crippen LogP contribution is -2.40. The van der Waals surface area contributed by atoms with Gasteiger partial charge in [0, 0.05) is 23.3 Å². The Hall–Kier alpha value is -4.90. The lowest BCUT2D eigenvalue weighted by molar-refractivity contribution is -0.139. The SMILES string of the molecule is CCOC(=O)C1=C(C)N=c2sc(=Cc3ccc(-c4ccc(C(=O)O)cc4C)o3)c(=O)n2[C@H]1c1ccc(OC)cc1OC. The van der Waals surface area contributed by atoms with E-state index in [1.807, 2.05) is 0 Å². The van der Waals surface area contributed by atoms with Crippen molar-refractivity contribution < 1.29 is 33.3 Å². The standard InChI is InChI=1S/C31H28N2O8S/c1-6-40-30(37)26-17(3)32-31-33(27(26)22-11-8-19(38-4)14-24(22)39-5)28(34)25(42-31)15-20-9-12-23(41-20)21-10-7-18(29(35)36)13-16(21)2/h7-15,27H,6H2,1-5H3,(H,35,36)/t27-/m0/s1. The highest BCUT2D eigenvalue weighted by Crippen LogP contribution is 2.37. The number of nitrogens with zero attached hydrogens (tertiary/aromatic N) is 2. The van der Waals surface area contributed by atoms with Gasteiger partial charge in [0.05, 0.1) is 42.2 Å². The van der Waals surface area contributed by atoms with E-state index in [0.29, 0.717) is 43.6 Å². The highest BCUT2D eigenvalue weighted by molar-refractivity contribution is 7.07. The first-order chi connectivity index (χ1) is 20.2. The Kier molecular flexibility index (Phi) is 7.86. The van der Waals surface area contributed by atoms with E-state index in [1.165, 1.54) is 36.2 Å². The number of esters is 1. The number of ether oxygens (including phenoxy) is 3. The van der Waals surface area contributed by atoms with Crippen molar-refractivity contribution in [1.29, 1.82) is 0 Å². The molecule has 3 heterocycles. The van der Waals surface area contributed by atoms with Gasteiger partial charge in [-0.2, -0.15) is 0 Å². The fraction of sp³-hybridized carbons (Fsp3) is 0.226. The predicted molar refractivity (Wildman–Crippen MR) is 156 cm³/mol. The van der Waals surface area contributed by atoms with Gasteiger partial charge in [0.1, 0.15) is 29.1 Å². The molecule has 5 rings (SSSR count). The minimum absolute atomic E-state index is 0.159. The first kappa shape index (κ1) is 28.6. The van der Waals surface area contributed by atoms with Crippen LogP contribution in [0.1, 0.15) is 47.1 Å². The molecule has 0 fully saturated rings. The van der Waals surface area contributed by atoms with Crippen molar-refractivity contribution >= 4 is 29.4 Å². The number of allylic oxidation sites excluding steroid dienone is 1. The Balaban J connectivity index is 1.64. The summed E-state index contributed by atoms with van der Waals surface area (Å²) >= 11 is 1.17. The maximum Gasteiger partial charge on any atom is 0.338 e. The molecule has 1 N–H and O–H groups in total. The molecule has 1 aliphatic heterocycles. The Bertz CT molecular complexity index is 1930. The number of methoxy groups -OCH3 is 2. The van der Waals surface area contributed by atoms with Gasteiger partial charge in [0.2, 0.25) is 0 Å². The topological polar surface area (TPSA) is 130 Å². The van der Waals surface area contributed by atoms with Crippen molar-refractivity contribution in [3.05, 3.63) is 102 Å². The number of thiazole rings is 1. The van der Waals surface area contributed by atoms with E-state index in [9.17, 15) is 19.5 Å². The molecule has 0 amide bonds. The summed E-state index contributed by atoms with van der Waals surface area (Å²) in [6, 6.07) is 12.6. The van der Waals surface area contributed by atoms with Crippen LogP contribution in [0.3, 0.4) is 0 Å². The average molecular weight is 589 g/mol. The number of rotatable bonds is 8. The molecule has 0 aliphatic carbocycles. The van der Waals surface area contributed by atoms with Crippen LogP contribution in [0.5, 0.6) is 11.5 Å². The monoisotopic (exact) mass is 588 g/mol. The maximum absolute atomic E-state index is 13.9. The van der Waals surface area contributed by atoms with Gasteiger partial charge in [0.25, 0.3) is 5.56 Å². The molecule has 0 unspecified atom stereocenters. The molecule has 42 heavy (non-hydrogen) atoms. The first-order valence-electron chi connectivity index (χ1n) is 13.0. The normalized spacial score (nSPS) is 14.8. The third-order valence-corrected chi connectivity index (χ3v) is 7.87. The lowest BCUT2D eigenvalue weighted by Gasteiger charge is -2.26. The van der Waals surface area contributed by atoms with Crippen molar-refractivity contribution in [3.63, 3.8) is 0 Å². The number of benzene rings is 2. The van der Waals surface area contributed by atoms with E-state index in [0.717, 1.165) is 11.1 Å². The number of furan rings is 1. The van der Waals surface area contributed by atoms with E-state index < -0.39 is 18.0 Å². The highest BCUT2D eigenvalue weighted by atomic mass is 32.1. The van der Waals surface area contributed by atoms with E-state index in [-0.39, 0.29) is 23.3 Å². The summed E-state index contributed by atoms with van der Waals surface area (Å²) in [7, 11) is 3.05. The van der Waals surface area contributed by atoms with E-state index >= 15 is 0 Å². The molecule has 1 atom stereocenters. The van der Waals surface area contributed by atoms with Gasteiger partial charge in [-0.05, 0) is 62.7 Å². The molecule has 2 aromatic carbocycles. The van der Waals surface area contributed by atoms with Crippen molar-refractivity contribution in [3.8, 4) is 22.8 Å². The van der Waals surface area contributed by atoms with E-state index in [2.05, 4.69) is 4.99 Å². The first-order valence-corrected chi connectivity index (χ1v) is 13.8. The molecule has 4 aromatic rings. The zero-order valence-electron chi connectivity index (χ0n) is 23.6. The Morgan fingerprint density at radius 2 is 1.88 bits per heavy atom. The van der Waals surface area contributed by atoms with Gasteiger partial charge in [-0.15, -0.1) is 0 Å². The number of aromatic carboxylic acids is 1. The molecular weight excluding hydrogens is 560 g/mol. The summed E-state index contributed by atoms with van der Waals surface area (Å²) < 4.78 is 24.2. The predicted octanol–water partition coefficient (Wildman–Crippen LogP) is 4.08. The zero-order valence-corrected chi connectivity index (χ0v) is 24.4. The fourth-order valence-corrected chi connectivity index (χ4v) is 5.93. The molecule has 11 heteroatoms. The number of aryl methyl sites for hydroxylation is 1. The maximum atomic E-state index is 13.9. The second kappa shape index (κ2) is 11.5. The van der Waals surface area contributed by atoms with Crippen LogP contribution in [-0.2, 0) is 9.53 Å². The van der Waals surface area contributed by atoms with Gasteiger partial charge in [-0.25, -0.2) is 14.6 Å². The second-order valence-electron chi connectivity index (χ2n) is 9.45. The molecule has 0 radical (unpaired) electrons. The molecule has 0 saturated carbocycles. The highest BCUT2D eigenvalue weighted by Gasteiger charge is 2.35. The van der Waals surface area contributed by atoms with Crippen LogP contribution in [0, 0.1) is 6.92 Å². The summed E-state index contributed by atoms with van der Waals surface area (Å²) in [5.74, 6) is 0.373. The Morgan fingerprint density at radius 1 is 1.10 bits per heavy atom. The molecule has 0 saturated heterocycles. The summed E-state index contributed by atoms with van der Waals surface area (Å²) in [6.07, 6.45) is 1.62. The third-order valence-electron chi connectivity index (χ3n) is 6.89. The quantitative estimate of drug-likeness (QED) is 0.305. The number of aromatic nitrogens is 1. The summed E-state index contributed by atoms with van der Waals surface area (Å²) in [5.41, 5.74) is 2.54. The molecule has 1 aliphatic rings. The largest absolute Gasteiger partial charge is 0.497 e. The van der Waals surface area contributed by atoms with Crippen molar-refractivity contribution in [2.75, 3.05) is 20.8 Å². The number of hydrogen-bond donors (Lipinski definition) is 1. The molecular formula is C31H28N2O8S. The third kappa shape index (κ3) is 5.14. The van der Waals surface area contributed by atoms with Gasteiger partial charge in [-0.3, -0.25) is 9.36 Å². The second-order valence-corrected chi connectivity index (χ2v) is 10.5. The van der Waals surface area contributed by atoms with Crippen LogP contribution in [-0.4, -0.2) is 42.4 Å². The van der Waals surface area contributed by atoms with Crippen molar-refractivity contribution in [1.82, 2.24) is 4.57 Å². The lowest BCUT2D eigenvalue weighted by atomic mass is 9.95. The minimum atomic E-state index is -1.01. The van der Waals surface area contributed by atoms with Gasteiger partial charge in [-0.1, -0.05) is 17.4 Å². The summed E-state index contributed by atoms with van der Waals surface area (Å²) in [4.78, 5) is 43.4. The van der Waals surface area contributed by atoms with Gasteiger partial charge < -0.3 is 23.7 Å². The number of carbonyl (C=O) groups excluding carboxylic acids is 1. The van der Waals surface area contributed by atoms with Crippen molar-refractivity contribution in [2.24, 2.45) is 4.99 Å². The summed E-state index contributed by atoms with van der Waals surface area (Å²) in [6.45, 7) is 5.39. The minimum Gasteiger partial charge on any atom is -0.497 e. The summed E-state index contributed by atoms with van der Waals surface area (Å²) in [5, 5.41) is 9.26. The molecule has 216 valence electrons.